The molecule has 0 aliphatic rings. The van der Waals surface area contributed by atoms with E-state index >= 15 is 0 Å². The van der Waals surface area contributed by atoms with E-state index in [9.17, 15) is 0 Å². The van der Waals surface area contributed by atoms with Gasteiger partial charge < -0.3 is 19.5 Å². The van der Waals surface area contributed by atoms with Crippen LogP contribution >= 0.6 is 11.6 Å². The van der Waals surface area contributed by atoms with Gasteiger partial charge in [0.1, 0.15) is 5.75 Å². The number of hydrogen-bond donors (Lipinski definition) is 1. The fraction of sp³-hybridized carbons (Fsp3) is 0.400. The zero-order valence-electron chi connectivity index (χ0n) is 15.1. The number of methoxy groups -OCH3 is 2. The molecule has 0 saturated carbocycles. The first kappa shape index (κ1) is 19.4. The molecular formula is C20H26ClNO3. The van der Waals surface area contributed by atoms with Crippen molar-refractivity contribution in [2.45, 2.75) is 26.3 Å². The van der Waals surface area contributed by atoms with E-state index in [1.165, 1.54) is 5.56 Å². The summed E-state index contributed by atoms with van der Waals surface area (Å²) in [5, 5.41) is 4.02. The third-order valence-corrected chi connectivity index (χ3v) is 4.10. The molecule has 0 heterocycles. The molecule has 0 aliphatic carbocycles. The first-order valence-corrected chi connectivity index (χ1v) is 8.88. The fourth-order valence-corrected chi connectivity index (χ4v) is 2.76. The molecule has 1 N–H and O–H groups in total. The van der Waals surface area contributed by atoms with Crippen molar-refractivity contribution >= 4 is 11.6 Å². The summed E-state index contributed by atoms with van der Waals surface area (Å²) in [6.07, 6.45) is 1.88. The van der Waals surface area contributed by atoms with Crippen molar-refractivity contribution in [2.75, 3.05) is 27.4 Å². The highest BCUT2D eigenvalue weighted by atomic mass is 35.5. The lowest BCUT2D eigenvalue weighted by atomic mass is 10.1. The Hall–Kier alpha value is -1.91. The van der Waals surface area contributed by atoms with Crippen LogP contribution < -0.4 is 19.5 Å². The van der Waals surface area contributed by atoms with Gasteiger partial charge in [-0.05, 0) is 54.8 Å². The van der Waals surface area contributed by atoms with Crippen LogP contribution in [0.15, 0.2) is 36.4 Å². The smallest absolute Gasteiger partial charge is 0.179 e. The Morgan fingerprint density at radius 2 is 1.76 bits per heavy atom. The molecule has 0 atom stereocenters. The molecule has 0 radical (unpaired) electrons. The highest BCUT2D eigenvalue weighted by molar-refractivity contribution is 6.32. The van der Waals surface area contributed by atoms with Crippen molar-refractivity contribution < 1.29 is 14.2 Å². The molecule has 2 rings (SSSR count). The van der Waals surface area contributed by atoms with Crippen molar-refractivity contribution in [3.8, 4) is 17.2 Å². The van der Waals surface area contributed by atoms with E-state index in [1.807, 2.05) is 24.3 Å². The molecule has 0 fully saturated rings. The first-order valence-electron chi connectivity index (χ1n) is 8.50. The standard InChI is InChI=1S/C20H26ClNO3/c1-4-11-25-20-18(21)12-16(13-19(20)24-3)14-22-10-9-15-5-7-17(23-2)8-6-15/h5-8,12-13,22H,4,9-11,14H2,1-3H3. The Kier molecular flexibility index (Phi) is 7.89. The third kappa shape index (κ3) is 5.83. The Morgan fingerprint density at radius 3 is 2.40 bits per heavy atom. The lowest BCUT2D eigenvalue weighted by Gasteiger charge is -2.14. The van der Waals surface area contributed by atoms with E-state index in [0.29, 0.717) is 23.1 Å². The monoisotopic (exact) mass is 363 g/mol. The molecule has 0 aromatic heterocycles. The molecule has 5 heteroatoms. The minimum absolute atomic E-state index is 0.583. The van der Waals surface area contributed by atoms with Gasteiger partial charge in [0.15, 0.2) is 11.5 Å². The average molecular weight is 364 g/mol. The minimum atomic E-state index is 0.583. The molecular weight excluding hydrogens is 338 g/mol. The molecule has 0 aliphatic heterocycles. The minimum Gasteiger partial charge on any atom is -0.497 e. The summed E-state index contributed by atoms with van der Waals surface area (Å²) < 4.78 is 16.3. The van der Waals surface area contributed by atoms with Crippen LogP contribution in [0.3, 0.4) is 0 Å². The van der Waals surface area contributed by atoms with Crippen LogP contribution in [0.25, 0.3) is 0 Å². The maximum atomic E-state index is 6.34. The molecule has 25 heavy (non-hydrogen) atoms. The summed E-state index contributed by atoms with van der Waals surface area (Å²) in [4.78, 5) is 0. The summed E-state index contributed by atoms with van der Waals surface area (Å²) in [6.45, 7) is 4.28. The molecule has 0 saturated heterocycles. The molecule has 0 spiro atoms. The van der Waals surface area contributed by atoms with Crippen molar-refractivity contribution in [1.29, 1.82) is 0 Å². The van der Waals surface area contributed by atoms with Crippen LogP contribution in [0.5, 0.6) is 17.2 Å². The number of nitrogens with one attached hydrogen (secondary N) is 1. The predicted octanol–water partition coefficient (Wildman–Crippen LogP) is 4.48. The maximum absolute atomic E-state index is 6.34. The summed E-state index contributed by atoms with van der Waals surface area (Å²) >= 11 is 6.34. The van der Waals surface area contributed by atoms with Crippen LogP contribution in [0, 0.1) is 0 Å². The van der Waals surface area contributed by atoms with Crippen molar-refractivity contribution in [3.05, 3.63) is 52.5 Å². The zero-order chi connectivity index (χ0) is 18.1. The van der Waals surface area contributed by atoms with Gasteiger partial charge in [-0.2, -0.15) is 0 Å². The Bertz CT molecular complexity index is 659. The van der Waals surface area contributed by atoms with E-state index in [1.54, 1.807) is 14.2 Å². The zero-order valence-corrected chi connectivity index (χ0v) is 15.9. The van der Waals surface area contributed by atoms with Crippen molar-refractivity contribution in [2.24, 2.45) is 0 Å². The van der Waals surface area contributed by atoms with E-state index in [0.717, 1.165) is 37.2 Å². The number of ether oxygens (including phenoxy) is 3. The second-order valence-corrected chi connectivity index (χ2v) is 6.14. The summed E-state index contributed by atoms with van der Waals surface area (Å²) in [5.41, 5.74) is 2.34. The topological polar surface area (TPSA) is 39.7 Å². The van der Waals surface area contributed by atoms with E-state index in [4.69, 9.17) is 25.8 Å². The maximum Gasteiger partial charge on any atom is 0.179 e. The molecule has 4 nitrogen and oxygen atoms in total. The van der Waals surface area contributed by atoms with E-state index in [-0.39, 0.29) is 0 Å². The molecule has 136 valence electrons. The lowest BCUT2D eigenvalue weighted by Crippen LogP contribution is -2.16. The molecule has 0 unspecified atom stereocenters. The average Bonchev–Trinajstić information content (AvgIpc) is 2.64. The van der Waals surface area contributed by atoms with Gasteiger partial charge in [-0.1, -0.05) is 30.7 Å². The first-order chi connectivity index (χ1) is 12.2. The van der Waals surface area contributed by atoms with Crippen LogP contribution in [0.1, 0.15) is 24.5 Å². The summed E-state index contributed by atoms with van der Waals surface area (Å²) in [5.74, 6) is 2.17. The van der Waals surface area contributed by atoms with Crippen molar-refractivity contribution in [1.82, 2.24) is 5.32 Å². The van der Waals surface area contributed by atoms with Crippen LogP contribution in [-0.2, 0) is 13.0 Å². The van der Waals surface area contributed by atoms with E-state index in [2.05, 4.69) is 24.4 Å². The van der Waals surface area contributed by atoms with E-state index < -0.39 is 0 Å². The lowest BCUT2D eigenvalue weighted by molar-refractivity contribution is 0.294. The SMILES string of the molecule is CCCOc1c(Cl)cc(CNCCc2ccc(OC)cc2)cc1OC. The largest absolute Gasteiger partial charge is 0.497 e. The van der Waals surface area contributed by atoms with Gasteiger partial charge in [0.05, 0.1) is 25.8 Å². The summed E-state index contributed by atoms with van der Waals surface area (Å²) in [7, 11) is 3.31. The highest BCUT2D eigenvalue weighted by Gasteiger charge is 2.11. The quantitative estimate of drug-likeness (QED) is 0.632. The Balaban J connectivity index is 1.88. The van der Waals surface area contributed by atoms with Crippen LogP contribution in [0.2, 0.25) is 5.02 Å². The molecule has 2 aromatic carbocycles. The molecule has 0 bridgehead atoms. The molecule has 2 aromatic rings. The summed E-state index contributed by atoms with van der Waals surface area (Å²) in [6, 6.07) is 12.0. The van der Waals surface area contributed by atoms with Gasteiger partial charge in [0.2, 0.25) is 0 Å². The van der Waals surface area contributed by atoms with Gasteiger partial charge in [-0.15, -0.1) is 0 Å². The fourth-order valence-electron chi connectivity index (χ4n) is 2.48. The number of rotatable bonds is 10. The van der Waals surface area contributed by atoms with Crippen molar-refractivity contribution in [3.63, 3.8) is 0 Å². The van der Waals surface area contributed by atoms with Gasteiger partial charge in [-0.25, -0.2) is 0 Å². The van der Waals surface area contributed by atoms with Gasteiger partial charge >= 0.3 is 0 Å². The number of benzene rings is 2. The van der Waals surface area contributed by atoms with Gasteiger partial charge in [0.25, 0.3) is 0 Å². The Labute approximate surface area is 155 Å². The van der Waals surface area contributed by atoms with Gasteiger partial charge in [-0.3, -0.25) is 0 Å². The predicted molar refractivity (Wildman–Crippen MR) is 102 cm³/mol. The highest BCUT2D eigenvalue weighted by Crippen LogP contribution is 2.36. The molecule has 0 amide bonds. The normalized spacial score (nSPS) is 10.6. The Morgan fingerprint density at radius 1 is 1.00 bits per heavy atom. The second kappa shape index (κ2) is 10.2. The van der Waals surface area contributed by atoms with Crippen LogP contribution in [-0.4, -0.2) is 27.4 Å². The number of halogens is 1. The van der Waals surface area contributed by atoms with Crippen LogP contribution in [0.4, 0.5) is 0 Å². The second-order valence-electron chi connectivity index (χ2n) is 5.73. The number of hydrogen-bond acceptors (Lipinski definition) is 4. The third-order valence-electron chi connectivity index (χ3n) is 3.82. The van der Waals surface area contributed by atoms with Gasteiger partial charge in [0, 0.05) is 6.54 Å².